The molecule has 2 atom stereocenters. The Kier molecular flexibility index (Phi) is 6.04. The van der Waals surface area contributed by atoms with E-state index in [1.54, 1.807) is 18.3 Å². The van der Waals surface area contributed by atoms with Crippen molar-refractivity contribution >= 4 is 17.6 Å². The summed E-state index contributed by atoms with van der Waals surface area (Å²) in [7, 11) is 1.26. The predicted octanol–water partition coefficient (Wildman–Crippen LogP) is 3.15. The number of aryl methyl sites for hydroxylation is 1. The number of aromatic nitrogens is 3. The Labute approximate surface area is 204 Å². The molecule has 2 aliphatic rings. The minimum absolute atomic E-state index is 0.0601. The molecule has 0 unspecified atom stereocenters. The third-order valence-electron chi connectivity index (χ3n) is 6.46. The van der Waals surface area contributed by atoms with Crippen LogP contribution >= 0.6 is 0 Å². The van der Waals surface area contributed by atoms with E-state index in [2.05, 4.69) is 15.2 Å². The highest BCUT2D eigenvalue weighted by Gasteiger charge is 2.42. The summed E-state index contributed by atoms with van der Waals surface area (Å²) < 4.78 is 39.5. The van der Waals surface area contributed by atoms with Crippen LogP contribution in [0.3, 0.4) is 0 Å². The van der Waals surface area contributed by atoms with E-state index in [0.717, 1.165) is 16.5 Å². The monoisotopic (exact) mass is 499 g/mol. The van der Waals surface area contributed by atoms with Crippen molar-refractivity contribution in [2.45, 2.75) is 32.1 Å². The molecule has 0 bridgehead atoms. The minimum Gasteiger partial charge on any atom is -0.493 e. The van der Waals surface area contributed by atoms with Crippen molar-refractivity contribution in [1.29, 1.82) is 0 Å². The Morgan fingerprint density at radius 2 is 2.00 bits per heavy atom. The highest BCUT2D eigenvalue weighted by atomic mass is 19.1. The van der Waals surface area contributed by atoms with E-state index >= 15 is 0 Å². The second-order valence-corrected chi connectivity index (χ2v) is 8.69. The summed E-state index contributed by atoms with van der Waals surface area (Å²) in [5.41, 5.74) is 2.20. The van der Waals surface area contributed by atoms with Crippen LogP contribution in [0.15, 0.2) is 30.5 Å². The fraction of sp³-hybridized carbons (Fsp3) is 0.333. The van der Waals surface area contributed by atoms with Crippen LogP contribution in [0.25, 0.3) is 11.3 Å². The van der Waals surface area contributed by atoms with Crippen molar-refractivity contribution in [3.63, 3.8) is 0 Å². The highest BCUT2D eigenvalue weighted by molar-refractivity contribution is 5.92. The number of halogens is 2. The fourth-order valence-corrected chi connectivity index (χ4v) is 4.72. The molecule has 2 N–H and O–H groups in total. The van der Waals surface area contributed by atoms with Gasteiger partial charge in [0.05, 0.1) is 49.8 Å². The van der Waals surface area contributed by atoms with E-state index in [-0.39, 0.29) is 48.1 Å². The molecule has 0 radical (unpaired) electrons. The first kappa shape index (κ1) is 23.7. The number of aliphatic hydroxyl groups excluding tert-OH is 1. The van der Waals surface area contributed by atoms with E-state index in [0.29, 0.717) is 36.2 Å². The number of methoxy groups -OCH3 is 1. The van der Waals surface area contributed by atoms with Crippen molar-refractivity contribution in [2.24, 2.45) is 0 Å². The van der Waals surface area contributed by atoms with Gasteiger partial charge < -0.3 is 24.6 Å². The number of hydrogen-bond acceptors (Lipinski definition) is 8. The van der Waals surface area contributed by atoms with E-state index in [1.165, 1.54) is 7.11 Å². The standard InChI is InChI=1S/C24H23F2N5O5/c1-12-3-21(27-8-13(12)11-32)36-16-6-15-9-31(24(33)34)23-20(30(15)10-16)7-19(28-29-23)17-4-14(25)5-18(26)22(17)35-2/h3-5,7-8,15-16,32H,6,9-11H2,1-2H3,(H,33,34)/t15-,16-/m1/s1. The lowest BCUT2D eigenvalue weighted by Crippen LogP contribution is -2.48. The van der Waals surface area contributed by atoms with Crippen LogP contribution in [0.2, 0.25) is 0 Å². The number of nitrogens with zero attached hydrogens (tertiary/aromatic N) is 5. The van der Waals surface area contributed by atoms with Gasteiger partial charge in [-0.2, -0.15) is 0 Å². The number of aliphatic hydroxyl groups is 1. The minimum atomic E-state index is -1.19. The van der Waals surface area contributed by atoms with Crippen LogP contribution in [0.4, 0.5) is 25.1 Å². The SMILES string of the molecule is COc1c(F)cc(F)cc1-c1cc2c(nn1)N(C(=O)O)C[C@H]1C[C@@H](Oc3cc(C)c(CO)cn3)CN21. The van der Waals surface area contributed by atoms with E-state index in [4.69, 9.17) is 9.47 Å². The Hall–Kier alpha value is -4.06. The average Bonchev–Trinajstić information content (AvgIpc) is 3.25. The molecule has 12 heteroatoms. The molecular formula is C24H23F2N5O5. The van der Waals surface area contributed by atoms with Crippen molar-refractivity contribution in [1.82, 2.24) is 15.2 Å². The van der Waals surface area contributed by atoms with Crippen LogP contribution in [0, 0.1) is 18.6 Å². The number of carboxylic acid groups (broad SMARTS) is 1. The number of benzene rings is 1. The third kappa shape index (κ3) is 4.13. The number of rotatable bonds is 5. The summed E-state index contributed by atoms with van der Waals surface area (Å²) in [6, 6.07) is 4.88. The molecule has 3 aromatic rings. The molecule has 1 fully saturated rings. The van der Waals surface area contributed by atoms with Crippen LogP contribution in [-0.2, 0) is 6.61 Å². The highest BCUT2D eigenvalue weighted by Crippen LogP contribution is 2.42. The third-order valence-corrected chi connectivity index (χ3v) is 6.46. The predicted molar refractivity (Wildman–Crippen MR) is 124 cm³/mol. The lowest BCUT2D eigenvalue weighted by atomic mass is 10.1. The zero-order valence-electron chi connectivity index (χ0n) is 19.5. The summed E-state index contributed by atoms with van der Waals surface area (Å²) in [6.07, 6.45) is 0.582. The van der Waals surface area contributed by atoms with E-state index in [9.17, 15) is 23.8 Å². The van der Waals surface area contributed by atoms with Gasteiger partial charge in [-0.25, -0.2) is 18.6 Å². The maximum absolute atomic E-state index is 14.3. The summed E-state index contributed by atoms with van der Waals surface area (Å²) in [5, 5.41) is 27.3. The van der Waals surface area contributed by atoms with Gasteiger partial charge in [0.25, 0.3) is 0 Å². The maximum atomic E-state index is 14.3. The molecule has 2 aromatic heterocycles. The molecule has 1 aromatic carbocycles. The maximum Gasteiger partial charge on any atom is 0.413 e. The lowest BCUT2D eigenvalue weighted by Gasteiger charge is -2.37. The van der Waals surface area contributed by atoms with Gasteiger partial charge in [0, 0.05) is 24.8 Å². The second-order valence-electron chi connectivity index (χ2n) is 8.69. The van der Waals surface area contributed by atoms with Gasteiger partial charge in [-0.3, -0.25) is 4.90 Å². The van der Waals surface area contributed by atoms with Gasteiger partial charge in [0.1, 0.15) is 11.9 Å². The molecule has 2 aliphatic heterocycles. The van der Waals surface area contributed by atoms with Crippen molar-refractivity contribution in [2.75, 3.05) is 30.0 Å². The normalized spacial score (nSPS) is 18.6. The molecule has 0 spiro atoms. The summed E-state index contributed by atoms with van der Waals surface area (Å²) in [4.78, 5) is 19.3. The number of anilines is 2. The lowest BCUT2D eigenvalue weighted by molar-refractivity contribution is 0.198. The molecule has 10 nitrogen and oxygen atoms in total. The number of fused-ring (bicyclic) bond motifs is 3. The van der Waals surface area contributed by atoms with Gasteiger partial charge >= 0.3 is 6.09 Å². The summed E-state index contributed by atoms with van der Waals surface area (Å²) >= 11 is 0. The van der Waals surface area contributed by atoms with Gasteiger partial charge in [0.2, 0.25) is 5.88 Å². The Morgan fingerprint density at radius 3 is 2.69 bits per heavy atom. The molecule has 1 amide bonds. The van der Waals surface area contributed by atoms with Crippen LogP contribution in [0.1, 0.15) is 17.5 Å². The quantitative estimate of drug-likeness (QED) is 0.545. The zero-order valence-corrected chi connectivity index (χ0v) is 19.5. The first-order valence-corrected chi connectivity index (χ1v) is 11.2. The van der Waals surface area contributed by atoms with Crippen molar-refractivity contribution in [3.05, 3.63) is 53.2 Å². The zero-order chi connectivity index (χ0) is 25.6. The van der Waals surface area contributed by atoms with E-state index < -0.39 is 17.7 Å². The van der Waals surface area contributed by atoms with Gasteiger partial charge in [-0.05, 0) is 30.2 Å². The first-order chi connectivity index (χ1) is 17.3. The van der Waals surface area contributed by atoms with Crippen LogP contribution in [0.5, 0.6) is 11.6 Å². The number of pyridine rings is 1. The number of hydrogen-bond donors (Lipinski definition) is 2. The molecule has 36 heavy (non-hydrogen) atoms. The first-order valence-electron chi connectivity index (χ1n) is 11.2. The molecule has 0 saturated carbocycles. The van der Waals surface area contributed by atoms with Gasteiger partial charge in [-0.1, -0.05) is 0 Å². The number of carbonyl (C=O) groups is 1. The largest absolute Gasteiger partial charge is 0.493 e. The van der Waals surface area contributed by atoms with Gasteiger partial charge in [0.15, 0.2) is 17.4 Å². The number of ether oxygens (including phenoxy) is 2. The Morgan fingerprint density at radius 1 is 1.19 bits per heavy atom. The van der Waals surface area contributed by atoms with Gasteiger partial charge in [-0.15, -0.1) is 10.2 Å². The summed E-state index contributed by atoms with van der Waals surface area (Å²) in [6.45, 7) is 2.30. The topological polar surface area (TPSA) is 121 Å². The van der Waals surface area contributed by atoms with Crippen LogP contribution in [-0.4, -0.2) is 63.8 Å². The average molecular weight is 499 g/mol. The molecule has 0 aliphatic carbocycles. The molecule has 1 saturated heterocycles. The molecule has 4 heterocycles. The van der Waals surface area contributed by atoms with Crippen LogP contribution < -0.4 is 19.3 Å². The van der Waals surface area contributed by atoms with Crippen molar-refractivity contribution < 1.29 is 33.3 Å². The summed E-state index contributed by atoms with van der Waals surface area (Å²) in [5.74, 6) is -1.36. The fourth-order valence-electron chi connectivity index (χ4n) is 4.72. The Bertz CT molecular complexity index is 1340. The smallest absolute Gasteiger partial charge is 0.413 e. The molecule has 188 valence electrons. The molecular weight excluding hydrogens is 476 g/mol. The Balaban J connectivity index is 1.50. The second kappa shape index (κ2) is 9.19. The van der Waals surface area contributed by atoms with Crippen molar-refractivity contribution in [3.8, 4) is 22.9 Å². The van der Waals surface area contributed by atoms with E-state index in [1.807, 2.05) is 11.8 Å². The number of amides is 1. The molecule has 5 rings (SSSR count).